The van der Waals surface area contributed by atoms with Crippen molar-refractivity contribution in [2.45, 2.75) is 24.6 Å². The van der Waals surface area contributed by atoms with Gasteiger partial charge in [-0.05, 0) is 37.1 Å². The summed E-state index contributed by atoms with van der Waals surface area (Å²) < 4.78 is 61.5. The molecule has 0 radical (unpaired) electrons. The summed E-state index contributed by atoms with van der Waals surface area (Å²) in [5.41, 5.74) is 2.06. The average Bonchev–Trinajstić information content (AvgIpc) is 3.41. The Balaban J connectivity index is 1.30. The van der Waals surface area contributed by atoms with E-state index in [2.05, 4.69) is 9.88 Å². The van der Waals surface area contributed by atoms with Gasteiger partial charge in [0.05, 0.1) is 11.4 Å². The lowest BCUT2D eigenvalue weighted by Crippen LogP contribution is -2.42. The molecule has 1 fully saturated rings. The van der Waals surface area contributed by atoms with Crippen LogP contribution in [0.3, 0.4) is 0 Å². The number of benzene rings is 2. The van der Waals surface area contributed by atoms with Gasteiger partial charge in [-0.2, -0.15) is 8.42 Å². The number of anilines is 2. The van der Waals surface area contributed by atoms with E-state index in [9.17, 15) is 16.8 Å². The average molecular weight is 449 g/mol. The summed E-state index contributed by atoms with van der Waals surface area (Å²) in [4.78, 5) is 0. The van der Waals surface area contributed by atoms with Crippen molar-refractivity contribution in [3.8, 4) is 0 Å². The number of hydrogen-bond acceptors (Lipinski definition) is 6. The van der Waals surface area contributed by atoms with Crippen LogP contribution in [0.25, 0.3) is 11.0 Å². The van der Waals surface area contributed by atoms with E-state index in [1.54, 1.807) is 48.5 Å². The first-order valence-electron chi connectivity index (χ1n) is 9.58. The number of aromatic nitrogens is 1. The molecule has 0 bridgehead atoms. The molecule has 0 saturated heterocycles. The van der Waals surface area contributed by atoms with Crippen LogP contribution in [0.2, 0.25) is 0 Å². The molecule has 158 valence electrons. The molecule has 0 unspecified atom stereocenters. The number of para-hydroxylation sites is 3. The molecule has 1 aliphatic carbocycles. The quantitative estimate of drug-likeness (QED) is 0.591. The fourth-order valence-electron chi connectivity index (χ4n) is 3.72. The van der Waals surface area contributed by atoms with Crippen molar-refractivity contribution in [1.29, 1.82) is 0 Å². The van der Waals surface area contributed by atoms with Gasteiger partial charge in [-0.15, -0.1) is 0 Å². The molecule has 2 aliphatic rings. The maximum Gasteiger partial charge on any atom is 0.326 e. The first-order valence-corrected chi connectivity index (χ1v) is 12.6. The van der Waals surface area contributed by atoms with Crippen LogP contribution in [0.1, 0.15) is 18.5 Å². The minimum atomic E-state index is -3.73. The third-order valence-corrected chi connectivity index (χ3v) is 8.43. The largest absolute Gasteiger partial charge is 0.356 e. The van der Waals surface area contributed by atoms with E-state index in [0.717, 1.165) is 12.8 Å². The van der Waals surface area contributed by atoms with Crippen LogP contribution >= 0.6 is 0 Å². The maximum absolute atomic E-state index is 13.0. The molecule has 30 heavy (non-hydrogen) atoms. The molecule has 11 heteroatoms. The van der Waals surface area contributed by atoms with Gasteiger partial charge in [0.2, 0.25) is 10.0 Å². The van der Waals surface area contributed by atoms with Crippen LogP contribution in [-0.4, -0.2) is 41.1 Å². The van der Waals surface area contributed by atoms with E-state index in [-0.39, 0.29) is 24.9 Å². The summed E-state index contributed by atoms with van der Waals surface area (Å²) in [5.74, 6) is -0.346. The number of hydrogen-bond donors (Lipinski definition) is 1. The second-order valence-corrected chi connectivity index (χ2v) is 10.9. The molecule has 2 aromatic carbocycles. The van der Waals surface area contributed by atoms with Crippen LogP contribution in [0, 0.1) is 0 Å². The minimum absolute atomic E-state index is 0.00135. The lowest BCUT2D eigenvalue weighted by Gasteiger charge is -2.21. The Morgan fingerprint density at radius 3 is 2.53 bits per heavy atom. The number of sulfonamides is 1. The summed E-state index contributed by atoms with van der Waals surface area (Å²) in [7, 11) is -7.44. The third kappa shape index (κ3) is 3.32. The zero-order valence-corrected chi connectivity index (χ0v) is 17.6. The van der Waals surface area contributed by atoms with Gasteiger partial charge >= 0.3 is 10.2 Å². The molecule has 1 aromatic heterocycles. The van der Waals surface area contributed by atoms with Gasteiger partial charge in [-0.1, -0.05) is 29.4 Å². The monoisotopic (exact) mass is 448 g/mol. The van der Waals surface area contributed by atoms with Crippen molar-refractivity contribution >= 4 is 42.6 Å². The van der Waals surface area contributed by atoms with Crippen molar-refractivity contribution in [2.24, 2.45) is 0 Å². The minimum Gasteiger partial charge on any atom is -0.356 e. The maximum atomic E-state index is 13.0. The van der Waals surface area contributed by atoms with Gasteiger partial charge in [-0.3, -0.25) is 0 Å². The van der Waals surface area contributed by atoms with E-state index in [1.165, 1.54) is 8.61 Å². The van der Waals surface area contributed by atoms with Crippen LogP contribution in [0.4, 0.5) is 11.4 Å². The van der Waals surface area contributed by atoms with Crippen LogP contribution in [0.5, 0.6) is 0 Å². The van der Waals surface area contributed by atoms with E-state index >= 15 is 0 Å². The molecule has 0 spiro atoms. The summed E-state index contributed by atoms with van der Waals surface area (Å²) in [6, 6.07) is 14.1. The molecule has 2 heterocycles. The number of nitrogens with one attached hydrogen (secondary N) is 1. The summed E-state index contributed by atoms with van der Waals surface area (Å²) in [6.45, 7) is -0.0501. The van der Waals surface area contributed by atoms with Crippen LogP contribution in [0.15, 0.2) is 53.1 Å². The van der Waals surface area contributed by atoms with Crippen molar-refractivity contribution in [2.75, 3.05) is 21.7 Å². The fourth-order valence-corrected chi connectivity index (χ4v) is 6.72. The normalized spacial score (nSPS) is 18.1. The second-order valence-electron chi connectivity index (χ2n) is 7.37. The van der Waals surface area contributed by atoms with Crippen LogP contribution < -0.4 is 13.3 Å². The zero-order chi connectivity index (χ0) is 20.9. The Morgan fingerprint density at radius 1 is 1.07 bits per heavy atom. The summed E-state index contributed by atoms with van der Waals surface area (Å²) in [6.07, 6.45) is 1.67. The molecule has 0 amide bonds. The molecule has 1 N–H and O–H groups in total. The topological polar surface area (TPSA) is 113 Å². The highest BCUT2D eigenvalue weighted by atomic mass is 32.2. The van der Waals surface area contributed by atoms with Crippen LogP contribution in [-0.2, 0) is 26.0 Å². The molecule has 9 nitrogen and oxygen atoms in total. The van der Waals surface area contributed by atoms with Gasteiger partial charge in [0, 0.05) is 24.5 Å². The van der Waals surface area contributed by atoms with Crippen molar-refractivity contribution in [3.05, 3.63) is 54.2 Å². The predicted molar refractivity (Wildman–Crippen MR) is 113 cm³/mol. The smallest absolute Gasteiger partial charge is 0.326 e. The van der Waals surface area contributed by atoms with Gasteiger partial charge < -0.3 is 4.52 Å². The molecule has 5 rings (SSSR count). The Bertz CT molecular complexity index is 1320. The van der Waals surface area contributed by atoms with Gasteiger partial charge in [0.1, 0.15) is 11.4 Å². The van der Waals surface area contributed by atoms with Gasteiger partial charge in [-0.25, -0.2) is 21.8 Å². The van der Waals surface area contributed by atoms with Gasteiger partial charge in [0.15, 0.2) is 5.58 Å². The highest BCUT2D eigenvalue weighted by Crippen LogP contribution is 2.46. The lowest BCUT2D eigenvalue weighted by molar-refractivity contribution is 0.448. The fraction of sp³-hybridized carbons (Fsp3) is 0.316. The SMILES string of the molecule is O=S(=O)(Cc1noc2ccccc12)NCCN1c2ccccc2N(C2CC2)S1(=O)=O. The molecule has 3 aromatic rings. The number of rotatable bonds is 7. The van der Waals surface area contributed by atoms with E-state index in [1.807, 2.05) is 0 Å². The van der Waals surface area contributed by atoms with E-state index in [0.29, 0.717) is 28.0 Å². The standard InChI is InChI=1S/C19H20N4O5S2/c24-29(25,13-16-15-5-1-4-8-19(15)28-21-16)20-11-12-22-17-6-2-3-7-18(17)23(14-9-10-14)30(22,26)27/h1-8,14,20H,9-13H2. The number of nitrogens with zero attached hydrogens (tertiary/aromatic N) is 3. The summed E-state index contributed by atoms with van der Waals surface area (Å²) >= 11 is 0. The second kappa shape index (κ2) is 6.96. The van der Waals surface area contributed by atoms with Crippen molar-refractivity contribution in [3.63, 3.8) is 0 Å². The third-order valence-electron chi connectivity index (χ3n) is 5.21. The Morgan fingerprint density at radius 2 is 1.77 bits per heavy atom. The first kappa shape index (κ1) is 19.3. The van der Waals surface area contributed by atoms with Gasteiger partial charge in [0.25, 0.3) is 0 Å². The Hall–Kier alpha value is -2.63. The molecule has 1 aliphatic heterocycles. The summed E-state index contributed by atoms with van der Waals surface area (Å²) in [5, 5.41) is 4.49. The van der Waals surface area contributed by atoms with E-state index < -0.39 is 20.2 Å². The molecular weight excluding hydrogens is 428 g/mol. The first-order chi connectivity index (χ1) is 14.4. The zero-order valence-electron chi connectivity index (χ0n) is 15.9. The van der Waals surface area contributed by atoms with Crippen molar-refractivity contribution in [1.82, 2.24) is 9.88 Å². The molecule has 1 saturated carbocycles. The lowest BCUT2D eigenvalue weighted by atomic mass is 10.2. The molecule has 0 atom stereocenters. The van der Waals surface area contributed by atoms with E-state index in [4.69, 9.17) is 4.52 Å². The predicted octanol–water partition coefficient (Wildman–Crippen LogP) is 1.98. The Kier molecular flexibility index (Phi) is 4.49. The number of fused-ring (bicyclic) bond motifs is 2. The molecular formula is C19H20N4O5S2. The van der Waals surface area contributed by atoms with Crippen molar-refractivity contribution < 1.29 is 21.4 Å². The highest BCUT2D eigenvalue weighted by Gasteiger charge is 2.47. The highest BCUT2D eigenvalue weighted by molar-refractivity contribution is 7.94. The Labute approximate surface area is 174 Å².